The molecule has 0 saturated heterocycles. The molecule has 10 heteroatoms. The molecule has 7 nitrogen and oxygen atoms in total. The SMILES string of the molecule is CC(=O)NS(=O)(=O)c1ccc(NC(=O)[C@@H](C)Oc2ccc(Cl)cc2Cl)cc1. The summed E-state index contributed by atoms with van der Waals surface area (Å²) in [5.41, 5.74) is 0.361. The number of hydrogen-bond acceptors (Lipinski definition) is 5. The summed E-state index contributed by atoms with van der Waals surface area (Å²) in [6.07, 6.45) is -0.869. The molecule has 0 aromatic heterocycles. The zero-order valence-electron chi connectivity index (χ0n) is 14.3. The summed E-state index contributed by atoms with van der Waals surface area (Å²) in [5, 5.41) is 3.31. The second kappa shape index (κ2) is 8.60. The first-order valence-electron chi connectivity index (χ1n) is 7.64. The van der Waals surface area contributed by atoms with E-state index in [0.717, 1.165) is 6.92 Å². The van der Waals surface area contributed by atoms with Crippen LogP contribution < -0.4 is 14.8 Å². The van der Waals surface area contributed by atoms with Gasteiger partial charge in [-0.25, -0.2) is 13.1 Å². The number of amides is 2. The predicted octanol–water partition coefficient (Wildman–Crippen LogP) is 3.22. The molecule has 2 aromatic rings. The van der Waals surface area contributed by atoms with Gasteiger partial charge in [-0.3, -0.25) is 9.59 Å². The van der Waals surface area contributed by atoms with Crippen molar-refractivity contribution in [2.24, 2.45) is 0 Å². The topological polar surface area (TPSA) is 102 Å². The number of rotatable bonds is 6. The van der Waals surface area contributed by atoms with E-state index in [0.29, 0.717) is 16.5 Å². The van der Waals surface area contributed by atoms with Gasteiger partial charge in [-0.1, -0.05) is 23.2 Å². The monoisotopic (exact) mass is 430 g/mol. The maximum atomic E-state index is 12.2. The van der Waals surface area contributed by atoms with Crippen molar-refractivity contribution in [3.05, 3.63) is 52.5 Å². The smallest absolute Gasteiger partial charge is 0.265 e. The number of halogens is 2. The molecule has 0 aliphatic heterocycles. The van der Waals surface area contributed by atoms with E-state index in [2.05, 4.69) is 5.32 Å². The van der Waals surface area contributed by atoms with Crippen LogP contribution in [0.15, 0.2) is 47.4 Å². The third-order valence-electron chi connectivity index (χ3n) is 3.28. The highest BCUT2D eigenvalue weighted by atomic mass is 35.5. The molecule has 0 aliphatic carbocycles. The fourth-order valence-corrected chi connectivity index (χ4v) is 3.47. The summed E-state index contributed by atoms with van der Waals surface area (Å²) in [6.45, 7) is 2.64. The molecule has 0 unspecified atom stereocenters. The second-order valence-electron chi connectivity index (χ2n) is 5.51. The van der Waals surface area contributed by atoms with Gasteiger partial charge in [0.15, 0.2) is 6.10 Å². The third kappa shape index (κ3) is 5.85. The highest BCUT2D eigenvalue weighted by Gasteiger charge is 2.18. The highest BCUT2D eigenvalue weighted by molar-refractivity contribution is 7.90. The van der Waals surface area contributed by atoms with Gasteiger partial charge in [-0.15, -0.1) is 0 Å². The van der Waals surface area contributed by atoms with E-state index < -0.39 is 27.9 Å². The average molecular weight is 431 g/mol. The van der Waals surface area contributed by atoms with Crippen molar-refractivity contribution in [1.29, 1.82) is 0 Å². The summed E-state index contributed by atoms with van der Waals surface area (Å²) >= 11 is 11.8. The number of benzene rings is 2. The Kier molecular flexibility index (Phi) is 6.69. The molecule has 2 N–H and O–H groups in total. The van der Waals surface area contributed by atoms with Crippen molar-refractivity contribution in [3.8, 4) is 5.75 Å². The first-order valence-corrected chi connectivity index (χ1v) is 9.88. The van der Waals surface area contributed by atoms with E-state index in [4.69, 9.17) is 27.9 Å². The van der Waals surface area contributed by atoms with Gasteiger partial charge in [0.2, 0.25) is 5.91 Å². The van der Waals surface area contributed by atoms with E-state index in [9.17, 15) is 18.0 Å². The molecule has 0 fully saturated rings. The number of sulfonamides is 1. The normalized spacial score (nSPS) is 12.1. The van der Waals surface area contributed by atoms with Crippen molar-refractivity contribution in [2.75, 3.05) is 5.32 Å². The second-order valence-corrected chi connectivity index (χ2v) is 8.04. The molecular formula is C17H16Cl2N2O5S. The minimum Gasteiger partial charge on any atom is -0.479 e. The summed E-state index contributed by atoms with van der Waals surface area (Å²) in [4.78, 5) is 23.1. The third-order valence-corrected chi connectivity index (χ3v) is 5.26. The highest BCUT2D eigenvalue weighted by Crippen LogP contribution is 2.28. The summed E-state index contributed by atoms with van der Waals surface area (Å²) in [6, 6.07) is 9.96. The lowest BCUT2D eigenvalue weighted by atomic mass is 10.3. The van der Waals surface area contributed by atoms with Crippen LogP contribution in [0, 0.1) is 0 Å². The molecule has 0 bridgehead atoms. The van der Waals surface area contributed by atoms with Crippen LogP contribution in [0.3, 0.4) is 0 Å². The van der Waals surface area contributed by atoms with E-state index in [1.54, 1.807) is 12.1 Å². The zero-order chi connectivity index (χ0) is 20.2. The molecule has 2 rings (SSSR count). The van der Waals surface area contributed by atoms with Crippen molar-refractivity contribution >= 4 is 50.7 Å². The number of hydrogen-bond donors (Lipinski definition) is 2. The molecule has 0 spiro atoms. The lowest BCUT2D eigenvalue weighted by Gasteiger charge is -2.16. The molecule has 2 aromatic carbocycles. The molecule has 0 radical (unpaired) electrons. The predicted molar refractivity (Wildman–Crippen MR) is 103 cm³/mol. The standard InChI is InChI=1S/C17H16Cl2N2O5S/c1-10(26-16-8-3-12(18)9-15(16)19)17(23)20-13-4-6-14(7-5-13)27(24,25)21-11(2)22/h3-10H,1-2H3,(H,20,23)(H,21,22)/t10-/m1/s1. The van der Waals surface area contributed by atoms with Crippen molar-refractivity contribution < 1.29 is 22.7 Å². The Bertz CT molecular complexity index is 962. The van der Waals surface area contributed by atoms with Crippen LogP contribution in [-0.2, 0) is 19.6 Å². The quantitative estimate of drug-likeness (QED) is 0.732. The number of carbonyl (C=O) groups is 2. The van der Waals surface area contributed by atoms with Crippen LogP contribution >= 0.6 is 23.2 Å². The Morgan fingerprint density at radius 1 is 1.07 bits per heavy atom. The maximum absolute atomic E-state index is 12.2. The van der Waals surface area contributed by atoms with Crippen molar-refractivity contribution in [2.45, 2.75) is 24.8 Å². The van der Waals surface area contributed by atoms with Gasteiger partial charge in [0.1, 0.15) is 5.75 Å². The van der Waals surface area contributed by atoms with E-state index in [1.165, 1.54) is 37.3 Å². The summed E-state index contributed by atoms with van der Waals surface area (Å²) < 4.78 is 31.1. The van der Waals surface area contributed by atoms with Gasteiger partial charge in [-0.2, -0.15) is 0 Å². The first kappa shape index (κ1) is 21.0. The number of nitrogens with one attached hydrogen (secondary N) is 2. The van der Waals surface area contributed by atoms with Gasteiger partial charge in [0.25, 0.3) is 15.9 Å². The van der Waals surface area contributed by atoms with E-state index in [1.807, 2.05) is 4.72 Å². The first-order chi connectivity index (χ1) is 12.6. The molecule has 27 heavy (non-hydrogen) atoms. The number of carbonyl (C=O) groups excluding carboxylic acids is 2. The number of anilines is 1. The summed E-state index contributed by atoms with van der Waals surface area (Å²) in [5.74, 6) is -0.849. The fourth-order valence-electron chi connectivity index (χ4n) is 2.02. The minimum atomic E-state index is -3.93. The molecule has 0 saturated carbocycles. The Hall–Kier alpha value is -2.29. The molecule has 0 heterocycles. The summed E-state index contributed by atoms with van der Waals surface area (Å²) in [7, 11) is -3.93. The largest absolute Gasteiger partial charge is 0.479 e. The lowest BCUT2D eigenvalue weighted by molar-refractivity contribution is -0.122. The Morgan fingerprint density at radius 2 is 1.70 bits per heavy atom. The van der Waals surface area contributed by atoms with E-state index in [-0.39, 0.29) is 9.92 Å². The van der Waals surface area contributed by atoms with Gasteiger partial charge in [0, 0.05) is 17.6 Å². The van der Waals surface area contributed by atoms with Crippen LogP contribution in [0.2, 0.25) is 10.0 Å². The Morgan fingerprint density at radius 3 is 2.26 bits per heavy atom. The average Bonchev–Trinajstić information content (AvgIpc) is 2.56. The molecule has 144 valence electrons. The van der Waals surface area contributed by atoms with Crippen LogP contribution in [-0.4, -0.2) is 26.3 Å². The van der Waals surface area contributed by atoms with Gasteiger partial charge < -0.3 is 10.1 Å². The van der Waals surface area contributed by atoms with Gasteiger partial charge in [-0.05, 0) is 49.4 Å². The zero-order valence-corrected chi connectivity index (χ0v) is 16.7. The Balaban J connectivity index is 2.03. The molecule has 1 atom stereocenters. The molecule has 0 aliphatic rings. The number of ether oxygens (including phenoxy) is 1. The fraction of sp³-hybridized carbons (Fsp3) is 0.176. The van der Waals surface area contributed by atoms with Crippen LogP contribution in [0.5, 0.6) is 5.75 Å². The lowest BCUT2D eigenvalue weighted by Crippen LogP contribution is -2.30. The molecule has 2 amide bonds. The van der Waals surface area contributed by atoms with E-state index >= 15 is 0 Å². The van der Waals surface area contributed by atoms with Crippen LogP contribution in [0.25, 0.3) is 0 Å². The van der Waals surface area contributed by atoms with Crippen molar-refractivity contribution in [3.63, 3.8) is 0 Å². The molecular weight excluding hydrogens is 415 g/mol. The maximum Gasteiger partial charge on any atom is 0.265 e. The van der Waals surface area contributed by atoms with Gasteiger partial charge in [0.05, 0.1) is 9.92 Å². The Labute approximate surface area is 166 Å². The van der Waals surface area contributed by atoms with Crippen LogP contribution in [0.1, 0.15) is 13.8 Å². The van der Waals surface area contributed by atoms with Gasteiger partial charge >= 0.3 is 0 Å². The van der Waals surface area contributed by atoms with Crippen LogP contribution in [0.4, 0.5) is 5.69 Å². The van der Waals surface area contributed by atoms with Crippen molar-refractivity contribution in [1.82, 2.24) is 4.72 Å². The minimum absolute atomic E-state index is 0.104.